The van der Waals surface area contributed by atoms with E-state index in [2.05, 4.69) is 31.1 Å². The van der Waals surface area contributed by atoms with Crippen LogP contribution in [0.4, 0.5) is 0 Å². The zero-order valence-electron chi connectivity index (χ0n) is 10.4. The Labute approximate surface area is 96.6 Å². The van der Waals surface area contributed by atoms with Crippen LogP contribution in [0.2, 0.25) is 0 Å². The summed E-state index contributed by atoms with van der Waals surface area (Å²) in [7, 11) is 0. The molecule has 16 heavy (non-hydrogen) atoms. The van der Waals surface area contributed by atoms with Crippen molar-refractivity contribution in [2.75, 3.05) is 6.54 Å². The fourth-order valence-corrected chi connectivity index (χ4v) is 1.35. The second kappa shape index (κ2) is 5.12. The van der Waals surface area contributed by atoms with Gasteiger partial charge in [0.15, 0.2) is 0 Å². The molecule has 3 heteroatoms. The average Bonchev–Trinajstić information content (AvgIpc) is 2.17. The summed E-state index contributed by atoms with van der Waals surface area (Å²) in [6.07, 6.45) is 2.02. The first kappa shape index (κ1) is 12.7. The molecule has 0 aliphatic rings. The smallest absolute Gasteiger partial charge is 0.248 e. The highest BCUT2D eigenvalue weighted by atomic mass is 16.1. The SMILES string of the molecule is C/C=C(/CNC(C)(C)C)c1cccc(=O)[nH]1. The third-order valence-electron chi connectivity index (χ3n) is 2.27. The molecule has 0 spiro atoms. The van der Waals surface area contributed by atoms with Gasteiger partial charge in [0.05, 0.1) is 0 Å². The number of H-pyrrole nitrogens is 1. The van der Waals surface area contributed by atoms with Gasteiger partial charge in [-0.2, -0.15) is 0 Å². The second-order valence-corrected chi connectivity index (χ2v) is 4.85. The summed E-state index contributed by atoms with van der Waals surface area (Å²) in [4.78, 5) is 14.0. The Balaban J connectivity index is 2.81. The topological polar surface area (TPSA) is 44.9 Å². The summed E-state index contributed by atoms with van der Waals surface area (Å²) >= 11 is 0. The highest BCUT2D eigenvalue weighted by Crippen LogP contribution is 2.10. The van der Waals surface area contributed by atoms with Crippen LogP contribution >= 0.6 is 0 Å². The number of hydrogen-bond acceptors (Lipinski definition) is 2. The minimum absolute atomic E-state index is 0.0624. The molecular weight excluding hydrogens is 200 g/mol. The van der Waals surface area contributed by atoms with Crippen LogP contribution in [-0.4, -0.2) is 17.1 Å². The lowest BCUT2D eigenvalue weighted by Gasteiger charge is -2.21. The van der Waals surface area contributed by atoms with Gasteiger partial charge in [-0.1, -0.05) is 12.1 Å². The number of aromatic nitrogens is 1. The Bertz CT molecular complexity index is 424. The maximum absolute atomic E-state index is 11.2. The number of pyridine rings is 1. The van der Waals surface area contributed by atoms with Crippen molar-refractivity contribution in [2.24, 2.45) is 0 Å². The molecule has 0 saturated heterocycles. The molecule has 0 saturated carbocycles. The molecular formula is C13H20N2O. The highest BCUT2D eigenvalue weighted by molar-refractivity contribution is 5.63. The van der Waals surface area contributed by atoms with E-state index in [9.17, 15) is 4.79 Å². The first-order valence-corrected chi connectivity index (χ1v) is 5.52. The predicted molar refractivity (Wildman–Crippen MR) is 68.5 cm³/mol. The quantitative estimate of drug-likeness (QED) is 0.820. The van der Waals surface area contributed by atoms with Crippen LogP contribution in [0.5, 0.6) is 0 Å². The largest absolute Gasteiger partial charge is 0.322 e. The van der Waals surface area contributed by atoms with E-state index in [1.165, 1.54) is 6.07 Å². The van der Waals surface area contributed by atoms with Gasteiger partial charge in [-0.3, -0.25) is 4.79 Å². The predicted octanol–water partition coefficient (Wildman–Crippen LogP) is 2.17. The molecule has 0 aromatic carbocycles. The summed E-state index contributed by atoms with van der Waals surface area (Å²) in [5.74, 6) is 0. The van der Waals surface area contributed by atoms with E-state index < -0.39 is 0 Å². The molecule has 0 bridgehead atoms. The summed E-state index contributed by atoms with van der Waals surface area (Å²) in [6.45, 7) is 9.08. The van der Waals surface area contributed by atoms with Crippen LogP contribution in [-0.2, 0) is 0 Å². The van der Waals surface area contributed by atoms with Gasteiger partial charge >= 0.3 is 0 Å². The van der Waals surface area contributed by atoms with Gasteiger partial charge in [0.2, 0.25) is 5.56 Å². The van der Waals surface area contributed by atoms with Gasteiger partial charge in [0.25, 0.3) is 0 Å². The van der Waals surface area contributed by atoms with E-state index in [0.29, 0.717) is 0 Å². The monoisotopic (exact) mass is 220 g/mol. The van der Waals surface area contributed by atoms with Crippen LogP contribution in [0, 0.1) is 0 Å². The lowest BCUT2D eigenvalue weighted by atomic mass is 10.1. The van der Waals surface area contributed by atoms with Gasteiger partial charge in [0, 0.05) is 23.8 Å². The Morgan fingerprint density at radius 1 is 1.44 bits per heavy atom. The zero-order valence-corrected chi connectivity index (χ0v) is 10.4. The Hall–Kier alpha value is -1.35. The lowest BCUT2D eigenvalue weighted by molar-refractivity contribution is 0.452. The van der Waals surface area contributed by atoms with Gasteiger partial charge < -0.3 is 10.3 Å². The molecule has 1 aromatic rings. The van der Waals surface area contributed by atoms with Crippen molar-refractivity contribution in [1.82, 2.24) is 10.3 Å². The molecule has 2 N–H and O–H groups in total. The average molecular weight is 220 g/mol. The first-order valence-electron chi connectivity index (χ1n) is 5.52. The zero-order chi connectivity index (χ0) is 12.2. The van der Waals surface area contributed by atoms with Gasteiger partial charge in [-0.25, -0.2) is 0 Å². The molecule has 0 unspecified atom stereocenters. The molecule has 0 amide bonds. The molecule has 88 valence electrons. The number of allylic oxidation sites excluding steroid dienone is 1. The number of hydrogen-bond donors (Lipinski definition) is 2. The van der Waals surface area contributed by atoms with Crippen molar-refractivity contribution in [3.63, 3.8) is 0 Å². The minimum Gasteiger partial charge on any atom is -0.322 e. The third-order valence-corrected chi connectivity index (χ3v) is 2.27. The molecule has 0 radical (unpaired) electrons. The minimum atomic E-state index is -0.0624. The second-order valence-electron chi connectivity index (χ2n) is 4.85. The molecule has 0 fully saturated rings. The van der Waals surface area contributed by atoms with Crippen molar-refractivity contribution in [2.45, 2.75) is 33.2 Å². The standard InChI is InChI=1S/C13H20N2O/c1-5-10(9-14-13(2,3)4)11-7-6-8-12(16)15-11/h5-8,14H,9H2,1-4H3,(H,15,16)/b10-5-. The van der Waals surface area contributed by atoms with Crippen LogP contribution in [0.3, 0.4) is 0 Å². The number of rotatable bonds is 3. The molecule has 1 aromatic heterocycles. The van der Waals surface area contributed by atoms with E-state index >= 15 is 0 Å². The third kappa shape index (κ3) is 4.03. The van der Waals surface area contributed by atoms with Gasteiger partial charge in [0.1, 0.15) is 0 Å². The van der Waals surface area contributed by atoms with Crippen LogP contribution < -0.4 is 10.9 Å². The summed E-state index contributed by atoms with van der Waals surface area (Å²) in [6, 6.07) is 5.21. The normalized spacial score (nSPS) is 12.9. The fourth-order valence-electron chi connectivity index (χ4n) is 1.35. The summed E-state index contributed by atoms with van der Waals surface area (Å²) in [5, 5.41) is 3.40. The highest BCUT2D eigenvalue weighted by Gasteiger charge is 2.10. The lowest BCUT2D eigenvalue weighted by Crippen LogP contribution is -2.36. The van der Waals surface area contributed by atoms with E-state index in [0.717, 1.165) is 17.8 Å². The maximum atomic E-state index is 11.2. The van der Waals surface area contributed by atoms with Crippen LogP contribution in [0.15, 0.2) is 29.1 Å². The van der Waals surface area contributed by atoms with Crippen LogP contribution in [0.1, 0.15) is 33.4 Å². The van der Waals surface area contributed by atoms with E-state index in [1.807, 2.05) is 19.1 Å². The van der Waals surface area contributed by atoms with Gasteiger partial charge in [-0.05, 0) is 39.3 Å². The number of aromatic amines is 1. The van der Waals surface area contributed by atoms with E-state index in [-0.39, 0.29) is 11.1 Å². The Kier molecular flexibility index (Phi) is 4.07. The van der Waals surface area contributed by atoms with E-state index in [1.54, 1.807) is 6.07 Å². The summed E-state index contributed by atoms with van der Waals surface area (Å²) in [5.41, 5.74) is 2.00. The molecule has 3 nitrogen and oxygen atoms in total. The van der Waals surface area contributed by atoms with Gasteiger partial charge in [-0.15, -0.1) is 0 Å². The number of nitrogens with one attached hydrogen (secondary N) is 2. The van der Waals surface area contributed by atoms with Crippen molar-refractivity contribution < 1.29 is 0 Å². The van der Waals surface area contributed by atoms with Crippen molar-refractivity contribution >= 4 is 5.57 Å². The maximum Gasteiger partial charge on any atom is 0.248 e. The molecule has 1 heterocycles. The van der Waals surface area contributed by atoms with E-state index in [4.69, 9.17) is 0 Å². The van der Waals surface area contributed by atoms with Crippen molar-refractivity contribution in [1.29, 1.82) is 0 Å². The van der Waals surface area contributed by atoms with Crippen molar-refractivity contribution in [3.05, 3.63) is 40.3 Å². The Morgan fingerprint density at radius 2 is 2.12 bits per heavy atom. The van der Waals surface area contributed by atoms with Crippen molar-refractivity contribution in [3.8, 4) is 0 Å². The molecule has 1 rings (SSSR count). The summed E-state index contributed by atoms with van der Waals surface area (Å²) < 4.78 is 0. The fraction of sp³-hybridized carbons (Fsp3) is 0.462. The molecule has 0 aliphatic carbocycles. The Morgan fingerprint density at radius 3 is 2.62 bits per heavy atom. The molecule has 0 atom stereocenters. The first-order chi connectivity index (χ1) is 7.42. The van der Waals surface area contributed by atoms with Crippen LogP contribution in [0.25, 0.3) is 5.57 Å². The molecule has 0 aliphatic heterocycles.